The number of ether oxygens (including phenoxy) is 1. The van der Waals surface area contributed by atoms with Crippen molar-refractivity contribution in [3.63, 3.8) is 0 Å². The average Bonchev–Trinajstić information content (AvgIpc) is 3.09. The summed E-state index contributed by atoms with van der Waals surface area (Å²) in [5.41, 5.74) is 8.42. The number of hydrogen-bond donors (Lipinski definition) is 2. The maximum Gasteiger partial charge on any atom is 0.193 e. The van der Waals surface area contributed by atoms with Gasteiger partial charge in [-0.3, -0.25) is 9.89 Å². The zero-order valence-corrected chi connectivity index (χ0v) is 19.1. The number of halogens is 1. The highest BCUT2D eigenvalue weighted by Crippen LogP contribution is 2.28. The molecule has 0 saturated carbocycles. The first kappa shape index (κ1) is 22.1. The van der Waals surface area contributed by atoms with Gasteiger partial charge in [-0.1, -0.05) is 19.1 Å². The molecule has 0 radical (unpaired) electrons. The van der Waals surface area contributed by atoms with Crippen LogP contribution in [0.25, 0.3) is 0 Å². The predicted molar refractivity (Wildman–Crippen MR) is 126 cm³/mol. The van der Waals surface area contributed by atoms with Crippen molar-refractivity contribution in [3.05, 3.63) is 51.7 Å². The molecule has 1 atom stereocenters. The van der Waals surface area contributed by atoms with Gasteiger partial charge in [-0.25, -0.2) is 0 Å². The molecule has 1 aromatic carbocycles. The van der Waals surface area contributed by atoms with Crippen LogP contribution < -0.4 is 11.1 Å². The quantitative estimate of drug-likeness (QED) is 0.357. The van der Waals surface area contributed by atoms with Gasteiger partial charge in [-0.05, 0) is 43.2 Å². The molecule has 2 heterocycles. The molecule has 1 saturated heterocycles. The molecule has 1 aliphatic heterocycles. The molecular formula is C20H29IN4OS. The van der Waals surface area contributed by atoms with Crippen LogP contribution in [0.2, 0.25) is 0 Å². The number of nitrogens with zero attached hydrogens (tertiary/aromatic N) is 2. The maximum absolute atomic E-state index is 6.16. The normalized spacial score (nSPS) is 16.6. The van der Waals surface area contributed by atoms with E-state index < -0.39 is 0 Å². The molecule has 27 heavy (non-hydrogen) atoms. The van der Waals surface area contributed by atoms with Crippen LogP contribution in [0.3, 0.4) is 0 Å². The summed E-state index contributed by atoms with van der Waals surface area (Å²) in [6, 6.07) is 12.9. The van der Waals surface area contributed by atoms with Crippen molar-refractivity contribution >= 4 is 47.0 Å². The highest BCUT2D eigenvalue weighted by atomic mass is 127. The Balaban J connectivity index is 0.00000261. The minimum Gasteiger partial charge on any atom is -0.379 e. The van der Waals surface area contributed by atoms with Crippen LogP contribution >= 0.6 is 35.3 Å². The van der Waals surface area contributed by atoms with E-state index in [9.17, 15) is 0 Å². The van der Waals surface area contributed by atoms with Crippen LogP contribution in [0.4, 0.5) is 5.69 Å². The second kappa shape index (κ2) is 11.0. The van der Waals surface area contributed by atoms with Crippen LogP contribution in [0.15, 0.2) is 41.4 Å². The Morgan fingerprint density at radius 3 is 2.74 bits per heavy atom. The lowest BCUT2D eigenvalue weighted by atomic mass is 10.1. The number of benzene rings is 1. The van der Waals surface area contributed by atoms with Crippen LogP contribution in [-0.4, -0.2) is 43.7 Å². The third-order valence-electron chi connectivity index (χ3n) is 4.62. The van der Waals surface area contributed by atoms with E-state index in [2.05, 4.69) is 53.3 Å². The van der Waals surface area contributed by atoms with Gasteiger partial charge in [0.15, 0.2) is 5.96 Å². The number of nitrogens with two attached hydrogens (primary N) is 1. The lowest BCUT2D eigenvalue weighted by molar-refractivity contribution is 0.0187. The molecule has 0 amide bonds. The molecule has 3 N–H and O–H groups in total. The third-order valence-corrected chi connectivity index (χ3v) is 5.72. The zero-order chi connectivity index (χ0) is 18.4. The van der Waals surface area contributed by atoms with Crippen LogP contribution in [0.5, 0.6) is 0 Å². The summed E-state index contributed by atoms with van der Waals surface area (Å²) in [5, 5.41) is 3.22. The summed E-state index contributed by atoms with van der Waals surface area (Å²) in [5.74, 6) is 0.463. The first-order valence-corrected chi connectivity index (χ1v) is 10.0. The van der Waals surface area contributed by atoms with Gasteiger partial charge in [0.05, 0.1) is 25.8 Å². The van der Waals surface area contributed by atoms with E-state index in [4.69, 9.17) is 10.5 Å². The number of thiophene rings is 1. The fraction of sp³-hybridized carbons (Fsp3) is 0.450. The van der Waals surface area contributed by atoms with E-state index in [0.29, 0.717) is 12.5 Å². The Bertz CT molecular complexity index is 743. The van der Waals surface area contributed by atoms with Crippen molar-refractivity contribution in [3.8, 4) is 0 Å². The van der Waals surface area contributed by atoms with Crippen molar-refractivity contribution in [1.82, 2.24) is 4.90 Å². The van der Waals surface area contributed by atoms with Crippen molar-refractivity contribution in [1.29, 1.82) is 0 Å². The van der Waals surface area contributed by atoms with Crippen molar-refractivity contribution < 1.29 is 4.74 Å². The van der Waals surface area contributed by atoms with Gasteiger partial charge in [-0.2, -0.15) is 0 Å². The second-order valence-electron chi connectivity index (χ2n) is 6.52. The number of aliphatic imine (C=N–C) groups is 1. The fourth-order valence-corrected chi connectivity index (χ4v) is 4.15. The number of guanidine groups is 1. The molecule has 3 rings (SSSR count). The smallest absolute Gasteiger partial charge is 0.193 e. The molecule has 1 aliphatic rings. The van der Waals surface area contributed by atoms with E-state index >= 15 is 0 Å². The topological polar surface area (TPSA) is 62.9 Å². The van der Waals surface area contributed by atoms with Gasteiger partial charge in [-0.15, -0.1) is 35.3 Å². The van der Waals surface area contributed by atoms with Gasteiger partial charge in [0.25, 0.3) is 0 Å². The van der Waals surface area contributed by atoms with Gasteiger partial charge in [0.2, 0.25) is 0 Å². The molecular weight excluding hydrogens is 471 g/mol. The van der Waals surface area contributed by atoms with Crippen LogP contribution in [0, 0.1) is 6.92 Å². The van der Waals surface area contributed by atoms with Crippen LogP contribution in [-0.2, 0) is 11.2 Å². The summed E-state index contributed by atoms with van der Waals surface area (Å²) in [6.45, 7) is 8.36. The van der Waals surface area contributed by atoms with E-state index in [1.54, 1.807) is 0 Å². The van der Waals surface area contributed by atoms with E-state index in [1.807, 2.05) is 23.5 Å². The highest BCUT2D eigenvalue weighted by molar-refractivity contribution is 14.0. The SMILES string of the molecule is CCc1cccc(NC(N)=NCC(c2ccc(C)s2)N2CCOCC2)c1.I. The fourth-order valence-electron chi connectivity index (χ4n) is 3.15. The van der Waals surface area contributed by atoms with Crippen molar-refractivity contribution in [2.45, 2.75) is 26.3 Å². The third kappa shape index (κ3) is 6.44. The molecule has 148 valence electrons. The standard InChI is InChI=1S/C20H28N4OS.HI/c1-3-16-5-4-6-17(13-16)23-20(21)22-14-18(19-8-7-15(2)26-19)24-9-11-25-12-10-24;/h4-8,13,18H,3,9-12,14H2,1-2H3,(H3,21,22,23);1H. The largest absolute Gasteiger partial charge is 0.379 e. The lowest BCUT2D eigenvalue weighted by Crippen LogP contribution is -2.40. The van der Waals surface area contributed by atoms with Crippen LogP contribution in [0.1, 0.15) is 28.3 Å². The predicted octanol–water partition coefficient (Wildman–Crippen LogP) is 4.04. The Labute approximate surface area is 183 Å². The summed E-state index contributed by atoms with van der Waals surface area (Å²) >= 11 is 1.84. The molecule has 0 bridgehead atoms. The number of rotatable bonds is 6. The number of anilines is 1. The summed E-state index contributed by atoms with van der Waals surface area (Å²) in [6.07, 6.45) is 1.00. The molecule has 1 aromatic heterocycles. The molecule has 5 nitrogen and oxygen atoms in total. The number of nitrogens with one attached hydrogen (secondary N) is 1. The maximum atomic E-state index is 6.16. The molecule has 0 spiro atoms. The van der Waals surface area contributed by atoms with Gasteiger partial charge in [0, 0.05) is 28.5 Å². The number of morpholine rings is 1. The van der Waals surface area contributed by atoms with Crippen molar-refractivity contribution in [2.24, 2.45) is 10.7 Å². The van der Waals surface area contributed by atoms with Gasteiger partial charge >= 0.3 is 0 Å². The molecule has 2 aromatic rings. The Kier molecular flexibility index (Phi) is 9.01. The molecule has 7 heteroatoms. The Morgan fingerprint density at radius 1 is 1.30 bits per heavy atom. The monoisotopic (exact) mass is 500 g/mol. The molecule has 1 unspecified atom stereocenters. The highest BCUT2D eigenvalue weighted by Gasteiger charge is 2.23. The Hall–Kier alpha value is -1.16. The van der Waals surface area contributed by atoms with E-state index in [0.717, 1.165) is 38.4 Å². The minimum absolute atomic E-state index is 0. The van der Waals surface area contributed by atoms with Crippen molar-refractivity contribution in [2.75, 3.05) is 38.2 Å². The zero-order valence-electron chi connectivity index (χ0n) is 16.0. The second-order valence-corrected chi connectivity index (χ2v) is 7.84. The molecule has 0 aliphatic carbocycles. The first-order chi connectivity index (χ1) is 12.7. The average molecular weight is 500 g/mol. The van der Waals surface area contributed by atoms with Gasteiger partial charge in [0.1, 0.15) is 0 Å². The number of hydrogen-bond acceptors (Lipinski definition) is 4. The van der Waals surface area contributed by atoms with E-state index in [-0.39, 0.29) is 30.0 Å². The number of aryl methyl sites for hydroxylation is 2. The van der Waals surface area contributed by atoms with E-state index in [1.165, 1.54) is 15.3 Å². The molecule has 1 fully saturated rings. The van der Waals surface area contributed by atoms with Gasteiger partial charge < -0.3 is 15.8 Å². The summed E-state index contributed by atoms with van der Waals surface area (Å²) in [4.78, 5) is 9.76. The first-order valence-electron chi connectivity index (χ1n) is 9.19. The minimum atomic E-state index is 0. The summed E-state index contributed by atoms with van der Waals surface area (Å²) < 4.78 is 5.51. The summed E-state index contributed by atoms with van der Waals surface area (Å²) in [7, 11) is 0. The Morgan fingerprint density at radius 2 is 2.07 bits per heavy atom. The lowest BCUT2D eigenvalue weighted by Gasteiger charge is -2.33.